The van der Waals surface area contributed by atoms with E-state index in [0.29, 0.717) is 10.7 Å². The molecule has 0 radical (unpaired) electrons. The Labute approximate surface area is 142 Å². The Morgan fingerprint density at radius 1 is 1.17 bits per heavy atom. The van der Waals surface area contributed by atoms with Crippen molar-refractivity contribution in [3.05, 3.63) is 75.9 Å². The first-order valence-electron chi connectivity index (χ1n) is 7.29. The van der Waals surface area contributed by atoms with Gasteiger partial charge in [-0.3, -0.25) is 9.59 Å². The molecule has 0 spiro atoms. The fourth-order valence-corrected chi connectivity index (χ4v) is 2.28. The summed E-state index contributed by atoms with van der Waals surface area (Å²) in [7, 11) is 0. The summed E-state index contributed by atoms with van der Waals surface area (Å²) in [4.78, 5) is 23.7. The lowest BCUT2D eigenvalue weighted by molar-refractivity contribution is 0.0924. The average molecular weight is 344 g/mol. The second-order valence-corrected chi connectivity index (χ2v) is 5.46. The van der Waals surface area contributed by atoms with Crippen molar-refractivity contribution in [1.82, 2.24) is 15.1 Å². The van der Waals surface area contributed by atoms with E-state index in [4.69, 9.17) is 16.0 Å². The van der Waals surface area contributed by atoms with E-state index in [1.807, 2.05) is 12.1 Å². The minimum Gasteiger partial charge on any atom is -0.459 e. The third-order valence-electron chi connectivity index (χ3n) is 3.36. The summed E-state index contributed by atoms with van der Waals surface area (Å²) >= 11 is 5.87. The molecule has 3 rings (SSSR count). The molecule has 6 nitrogen and oxygen atoms in total. The van der Waals surface area contributed by atoms with E-state index < -0.39 is 0 Å². The summed E-state index contributed by atoms with van der Waals surface area (Å²) in [6.07, 6.45) is 1.43. The molecular weight excluding hydrogens is 330 g/mol. The van der Waals surface area contributed by atoms with Gasteiger partial charge in [0, 0.05) is 23.2 Å². The smallest absolute Gasteiger partial charge is 0.287 e. The van der Waals surface area contributed by atoms with Crippen LogP contribution < -0.4 is 10.9 Å². The van der Waals surface area contributed by atoms with Crippen LogP contribution in [0, 0.1) is 0 Å². The van der Waals surface area contributed by atoms with Gasteiger partial charge in [-0.15, -0.1) is 0 Å². The Hall–Kier alpha value is -2.86. The zero-order chi connectivity index (χ0) is 16.9. The third kappa shape index (κ3) is 3.72. The summed E-state index contributed by atoms with van der Waals surface area (Å²) in [5.74, 6) is -0.105. The number of furan rings is 1. The Bertz CT molecular complexity index is 886. The van der Waals surface area contributed by atoms with Crippen molar-refractivity contribution in [2.75, 3.05) is 6.54 Å². The number of carbonyl (C=O) groups is 1. The zero-order valence-electron chi connectivity index (χ0n) is 12.6. The summed E-state index contributed by atoms with van der Waals surface area (Å²) in [6, 6.07) is 13.5. The lowest BCUT2D eigenvalue weighted by atomic mass is 10.1. The van der Waals surface area contributed by atoms with E-state index >= 15 is 0 Å². The molecule has 1 N–H and O–H groups in total. The number of hydrogen-bond donors (Lipinski definition) is 1. The molecule has 0 bridgehead atoms. The topological polar surface area (TPSA) is 77.1 Å². The van der Waals surface area contributed by atoms with Crippen LogP contribution in [0.1, 0.15) is 10.6 Å². The second-order valence-electron chi connectivity index (χ2n) is 5.02. The molecule has 0 aliphatic carbocycles. The number of halogens is 1. The van der Waals surface area contributed by atoms with Gasteiger partial charge in [0.1, 0.15) is 0 Å². The van der Waals surface area contributed by atoms with Crippen molar-refractivity contribution >= 4 is 17.5 Å². The van der Waals surface area contributed by atoms with E-state index in [1.54, 1.807) is 30.3 Å². The standard InChI is InChI=1S/C17H14ClN3O3/c18-13-5-3-12(4-6-13)14-7-8-16(22)21(20-14)10-9-19-17(23)15-2-1-11-24-15/h1-8,11H,9-10H2,(H,19,23). The largest absolute Gasteiger partial charge is 0.459 e. The molecule has 0 aliphatic heterocycles. The van der Waals surface area contributed by atoms with Gasteiger partial charge in [0.25, 0.3) is 11.5 Å². The van der Waals surface area contributed by atoms with Crippen LogP contribution in [0.2, 0.25) is 5.02 Å². The summed E-state index contributed by atoms with van der Waals surface area (Å²) < 4.78 is 6.31. The van der Waals surface area contributed by atoms with Crippen molar-refractivity contribution in [1.29, 1.82) is 0 Å². The highest BCUT2D eigenvalue weighted by molar-refractivity contribution is 6.30. The highest BCUT2D eigenvalue weighted by atomic mass is 35.5. The molecule has 122 valence electrons. The number of carbonyl (C=O) groups excluding carboxylic acids is 1. The number of amides is 1. The monoisotopic (exact) mass is 343 g/mol. The van der Waals surface area contributed by atoms with Gasteiger partial charge < -0.3 is 9.73 Å². The first-order valence-corrected chi connectivity index (χ1v) is 7.67. The van der Waals surface area contributed by atoms with Gasteiger partial charge in [-0.25, -0.2) is 4.68 Å². The molecule has 7 heteroatoms. The van der Waals surface area contributed by atoms with Crippen molar-refractivity contribution in [2.45, 2.75) is 6.54 Å². The number of hydrogen-bond acceptors (Lipinski definition) is 4. The van der Waals surface area contributed by atoms with Gasteiger partial charge in [0.15, 0.2) is 5.76 Å². The molecule has 1 aromatic carbocycles. The van der Waals surface area contributed by atoms with Crippen molar-refractivity contribution in [3.8, 4) is 11.3 Å². The molecular formula is C17H14ClN3O3. The maximum Gasteiger partial charge on any atom is 0.287 e. The summed E-state index contributed by atoms with van der Waals surface area (Å²) in [6.45, 7) is 0.517. The van der Waals surface area contributed by atoms with Crippen molar-refractivity contribution in [3.63, 3.8) is 0 Å². The fourth-order valence-electron chi connectivity index (χ4n) is 2.15. The fraction of sp³-hybridized carbons (Fsp3) is 0.118. The predicted molar refractivity (Wildman–Crippen MR) is 90.0 cm³/mol. The van der Waals surface area contributed by atoms with Crippen LogP contribution in [0.5, 0.6) is 0 Å². The number of aromatic nitrogens is 2. The van der Waals surface area contributed by atoms with Crippen LogP contribution in [0.25, 0.3) is 11.3 Å². The van der Waals surface area contributed by atoms with Gasteiger partial charge in [0.2, 0.25) is 0 Å². The minimum absolute atomic E-state index is 0.227. The Balaban J connectivity index is 1.69. The van der Waals surface area contributed by atoms with E-state index in [9.17, 15) is 9.59 Å². The molecule has 0 aliphatic rings. The highest BCUT2D eigenvalue weighted by Gasteiger charge is 2.08. The molecule has 2 heterocycles. The molecule has 0 saturated carbocycles. The molecule has 2 aromatic heterocycles. The minimum atomic E-state index is -0.332. The highest BCUT2D eigenvalue weighted by Crippen LogP contribution is 2.18. The quantitative estimate of drug-likeness (QED) is 0.772. The average Bonchev–Trinajstić information content (AvgIpc) is 3.12. The first kappa shape index (κ1) is 16.0. The van der Waals surface area contributed by atoms with E-state index in [1.165, 1.54) is 17.0 Å². The van der Waals surface area contributed by atoms with Gasteiger partial charge in [-0.1, -0.05) is 23.7 Å². The van der Waals surface area contributed by atoms with Gasteiger partial charge in [-0.05, 0) is 30.3 Å². The van der Waals surface area contributed by atoms with Crippen LogP contribution >= 0.6 is 11.6 Å². The molecule has 1 amide bonds. The number of rotatable bonds is 5. The molecule has 3 aromatic rings. The van der Waals surface area contributed by atoms with Gasteiger partial charge >= 0.3 is 0 Å². The third-order valence-corrected chi connectivity index (χ3v) is 3.61. The molecule has 0 atom stereocenters. The van der Waals surface area contributed by atoms with Crippen LogP contribution in [0.15, 0.2) is 64.0 Å². The summed E-state index contributed by atoms with van der Waals surface area (Å²) in [5, 5.41) is 7.63. The number of nitrogens with zero attached hydrogens (tertiary/aromatic N) is 2. The van der Waals surface area contributed by atoms with Gasteiger partial charge in [0.05, 0.1) is 18.5 Å². The zero-order valence-corrected chi connectivity index (χ0v) is 13.4. The van der Waals surface area contributed by atoms with Crippen molar-refractivity contribution in [2.24, 2.45) is 0 Å². The number of nitrogens with one attached hydrogen (secondary N) is 1. The van der Waals surface area contributed by atoms with E-state index in [-0.39, 0.29) is 30.3 Å². The van der Waals surface area contributed by atoms with E-state index in [2.05, 4.69) is 10.4 Å². The van der Waals surface area contributed by atoms with Crippen LogP contribution in [0.3, 0.4) is 0 Å². The van der Waals surface area contributed by atoms with Crippen molar-refractivity contribution < 1.29 is 9.21 Å². The predicted octanol–water partition coefficient (Wildman–Crippen LogP) is 2.59. The SMILES string of the molecule is O=C(NCCn1nc(-c2ccc(Cl)cc2)ccc1=O)c1ccco1. The lowest BCUT2D eigenvalue weighted by Gasteiger charge is -2.08. The second kappa shape index (κ2) is 7.14. The summed E-state index contributed by atoms with van der Waals surface area (Å²) in [5.41, 5.74) is 1.27. The van der Waals surface area contributed by atoms with E-state index in [0.717, 1.165) is 5.56 Å². The molecule has 0 saturated heterocycles. The van der Waals surface area contributed by atoms with Crippen LogP contribution in [-0.2, 0) is 6.54 Å². The maximum absolute atomic E-state index is 11.9. The lowest BCUT2D eigenvalue weighted by Crippen LogP contribution is -2.31. The Kier molecular flexibility index (Phi) is 4.77. The molecule has 24 heavy (non-hydrogen) atoms. The molecule has 0 fully saturated rings. The Morgan fingerprint density at radius 3 is 2.67 bits per heavy atom. The molecule has 0 unspecified atom stereocenters. The first-order chi connectivity index (χ1) is 11.6. The normalized spacial score (nSPS) is 10.5. The number of benzene rings is 1. The van der Waals surface area contributed by atoms with Crippen LogP contribution in [-0.4, -0.2) is 22.2 Å². The van der Waals surface area contributed by atoms with Crippen LogP contribution in [0.4, 0.5) is 0 Å². The van der Waals surface area contributed by atoms with Gasteiger partial charge in [-0.2, -0.15) is 5.10 Å². The maximum atomic E-state index is 11.9. The Morgan fingerprint density at radius 2 is 1.96 bits per heavy atom.